The van der Waals surface area contributed by atoms with Crippen LogP contribution in [-0.2, 0) is 11.3 Å². The fourth-order valence-corrected chi connectivity index (χ4v) is 1.86. The molecule has 0 unspecified atom stereocenters. The van der Waals surface area contributed by atoms with Gasteiger partial charge in [0.05, 0.1) is 6.61 Å². The van der Waals surface area contributed by atoms with Crippen molar-refractivity contribution in [2.75, 3.05) is 59.4 Å². The van der Waals surface area contributed by atoms with E-state index in [0.717, 1.165) is 32.8 Å². The van der Waals surface area contributed by atoms with Gasteiger partial charge in [0.2, 0.25) is 0 Å². The second kappa shape index (κ2) is 8.91. The molecule has 0 atom stereocenters. The predicted octanol–water partition coefficient (Wildman–Crippen LogP) is 1.42. The molecule has 1 aromatic carbocycles. The van der Waals surface area contributed by atoms with Crippen LogP contribution in [0.3, 0.4) is 0 Å². The molecule has 0 heterocycles. The molecule has 0 fully saturated rings. The molecule has 1 aromatic rings. The van der Waals surface area contributed by atoms with E-state index in [0.29, 0.717) is 0 Å². The zero-order chi connectivity index (χ0) is 14.1. The number of methoxy groups -OCH3 is 1. The third-order valence-corrected chi connectivity index (χ3v) is 3.06. The Hall–Kier alpha value is -1.10. The summed E-state index contributed by atoms with van der Waals surface area (Å²) < 4.78 is 4.99. The van der Waals surface area contributed by atoms with Gasteiger partial charge in [0.25, 0.3) is 0 Å². The molecule has 0 amide bonds. The summed E-state index contributed by atoms with van der Waals surface area (Å²) in [5, 5.41) is 3.35. The third-order valence-electron chi connectivity index (χ3n) is 3.06. The van der Waals surface area contributed by atoms with Crippen molar-refractivity contribution in [3.05, 3.63) is 29.8 Å². The van der Waals surface area contributed by atoms with Crippen LogP contribution >= 0.6 is 0 Å². The van der Waals surface area contributed by atoms with E-state index < -0.39 is 0 Å². The standard InChI is InChI=1S/C15H27N3O/c1-17(2)15-7-5-14(6-8-15)13-18(3)11-9-16-10-12-19-4/h5-8,16H,9-13H2,1-4H3. The van der Waals surface area contributed by atoms with Gasteiger partial charge in [-0.05, 0) is 24.7 Å². The summed E-state index contributed by atoms with van der Waals surface area (Å²) in [5.74, 6) is 0. The van der Waals surface area contributed by atoms with E-state index in [2.05, 4.69) is 60.5 Å². The Balaban J connectivity index is 2.26. The number of hydrogen-bond donors (Lipinski definition) is 1. The fraction of sp³-hybridized carbons (Fsp3) is 0.600. The second-order valence-electron chi connectivity index (χ2n) is 5.04. The van der Waals surface area contributed by atoms with Crippen LogP contribution in [0.5, 0.6) is 0 Å². The highest BCUT2D eigenvalue weighted by molar-refractivity contribution is 5.45. The molecule has 0 aromatic heterocycles. The molecule has 19 heavy (non-hydrogen) atoms. The lowest BCUT2D eigenvalue weighted by Crippen LogP contribution is -2.30. The Morgan fingerprint density at radius 3 is 2.32 bits per heavy atom. The number of anilines is 1. The molecule has 0 saturated heterocycles. The van der Waals surface area contributed by atoms with Gasteiger partial charge in [0.1, 0.15) is 0 Å². The smallest absolute Gasteiger partial charge is 0.0587 e. The van der Waals surface area contributed by atoms with Crippen LogP contribution in [0.2, 0.25) is 0 Å². The van der Waals surface area contributed by atoms with Gasteiger partial charge < -0.3 is 19.9 Å². The maximum atomic E-state index is 4.99. The SMILES string of the molecule is COCCNCCN(C)Cc1ccc(N(C)C)cc1. The Bertz CT molecular complexity index is 338. The van der Waals surface area contributed by atoms with Crippen molar-refractivity contribution in [3.8, 4) is 0 Å². The molecule has 0 aliphatic rings. The average molecular weight is 265 g/mol. The molecular weight excluding hydrogens is 238 g/mol. The number of nitrogens with one attached hydrogen (secondary N) is 1. The van der Waals surface area contributed by atoms with Crippen molar-refractivity contribution in [1.82, 2.24) is 10.2 Å². The number of hydrogen-bond acceptors (Lipinski definition) is 4. The van der Waals surface area contributed by atoms with Gasteiger partial charge in [-0.15, -0.1) is 0 Å². The maximum absolute atomic E-state index is 4.99. The fourth-order valence-electron chi connectivity index (χ4n) is 1.86. The molecule has 0 aliphatic carbocycles. The summed E-state index contributed by atoms with van der Waals surface area (Å²) >= 11 is 0. The van der Waals surface area contributed by atoms with Crippen molar-refractivity contribution in [2.45, 2.75) is 6.54 Å². The second-order valence-corrected chi connectivity index (χ2v) is 5.04. The maximum Gasteiger partial charge on any atom is 0.0587 e. The minimum Gasteiger partial charge on any atom is -0.383 e. The van der Waals surface area contributed by atoms with Crippen LogP contribution in [0.1, 0.15) is 5.56 Å². The largest absolute Gasteiger partial charge is 0.383 e. The molecule has 4 nitrogen and oxygen atoms in total. The predicted molar refractivity (Wildman–Crippen MR) is 81.8 cm³/mol. The van der Waals surface area contributed by atoms with Crippen molar-refractivity contribution in [1.29, 1.82) is 0 Å². The monoisotopic (exact) mass is 265 g/mol. The highest BCUT2D eigenvalue weighted by Crippen LogP contribution is 2.13. The number of nitrogens with zero attached hydrogens (tertiary/aromatic N) is 2. The van der Waals surface area contributed by atoms with Crippen LogP contribution in [0, 0.1) is 0 Å². The Morgan fingerprint density at radius 2 is 1.74 bits per heavy atom. The van der Waals surface area contributed by atoms with Gasteiger partial charge in [-0.25, -0.2) is 0 Å². The van der Waals surface area contributed by atoms with E-state index in [1.54, 1.807) is 7.11 Å². The topological polar surface area (TPSA) is 27.7 Å². The lowest BCUT2D eigenvalue weighted by molar-refractivity contribution is 0.197. The molecule has 1 rings (SSSR count). The highest BCUT2D eigenvalue weighted by atomic mass is 16.5. The molecule has 1 N–H and O–H groups in total. The molecule has 0 bridgehead atoms. The number of ether oxygens (including phenoxy) is 1. The van der Waals surface area contributed by atoms with Crippen LogP contribution in [0.15, 0.2) is 24.3 Å². The minimum absolute atomic E-state index is 0.774. The van der Waals surface area contributed by atoms with Crippen molar-refractivity contribution in [3.63, 3.8) is 0 Å². The summed E-state index contributed by atoms with van der Waals surface area (Å²) in [7, 11) is 8.00. The summed E-state index contributed by atoms with van der Waals surface area (Å²) in [6, 6.07) is 8.73. The first-order chi connectivity index (χ1) is 9.13. The Morgan fingerprint density at radius 1 is 1.05 bits per heavy atom. The lowest BCUT2D eigenvalue weighted by atomic mass is 10.2. The van der Waals surface area contributed by atoms with Crippen molar-refractivity contribution >= 4 is 5.69 Å². The van der Waals surface area contributed by atoms with Crippen LogP contribution in [0.25, 0.3) is 0 Å². The summed E-state index contributed by atoms with van der Waals surface area (Å²) in [6.45, 7) is 4.71. The van der Waals surface area contributed by atoms with Gasteiger partial charge >= 0.3 is 0 Å². The quantitative estimate of drug-likeness (QED) is 0.684. The molecular formula is C15H27N3O. The lowest BCUT2D eigenvalue weighted by Gasteiger charge is -2.18. The molecule has 0 saturated carbocycles. The first-order valence-electron chi connectivity index (χ1n) is 6.78. The Kier molecular flexibility index (Phi) is 7.48. The number of likely N-dealkylation sites (N-methyl/N-ethyl adjacent to an activating group) is 1. The van der Waals surface area contributed by atoms with Crippen LogP contribution < -0.4 is 10.2 Å². The molecule has 108 valence electrons. The highest BCUT2D eigenvalue weighted by Gasteiger charge is 2.01. The van der Waals surface area contributed by atoms with Crippen LogP contribution in [0.4, 0.5) is 5.69 Å². The van der Waals surface area contributed by atoms with E-state index in [4.69, 9.17) is 4.74 Å². The van der Waals surface area contributed by atoms with E-state index in [9.17, 15) is 0 Å². The third kappa shape index (κ3) is 6.57. The summed E-state index contributed by atoms with van der Waals surface area (Å²) in [5.41, 5.74) is 2.60. The number of rotatable bonds is 9. The molecule has 0 spiro atoms. The van der Waals surface area contributed by atoms with Gasteiger partial charge in [-0.2, -0.15) is 0 Å². The van der Waals surface area contributed by atoms with E-state index in [1.165, 1.54) is 11.3 Å². The van der Waals surface area contributed by atoms with Gasteiger partial charge in [-0.3, -0.25) is 0 Å². The first-order valence-corrected chi connectivity index (χ1v) is 6.78. The molecule has 4 heteroatoms. The average Bonchev–Trinajstić information content (AvgIpc) is 2.39. The van der Waals surface area contributed by atoms with E-state index in [1.807, 2.05) is 0 Å². The van der Waals surface area contributed by atoms with Gasteiger partial charge in [0, 0.05) is 53.1 Å². The van der Waals surface area contributed by atoms with Crippen LogP contribution in [-0.4, -0.2) is 59.4 Å². The zero-order valence-electron chi connectivity index (χ0n) is 12.6. The summed E-state index contributed by atoms with van der Waals surface area (Å²) in [6.07, 6.45) is 0. The molecule has 0 radical (unpaired) electrons. The normalized spacial score (nSPS) is 11.0. The van der Waals surface area contributed by atoms with E-state index in [-0.39, 0.29) is 0 Å². The van der Waals surface area contributed by atoms with Crippen molar-refractivity contribution < 1.29 is 4.74 Å². The first kappa shape index (κ1) is 16.0. The number of benzene rings is 1. The van der Waals surface area contributed by atoms with Crippen molar-refractivity contribution in [2.24, 2.45) is 0 Å². The Labute approximate surface area is 117 Å². The van der Waals surface area contributed by atoms with Gasteiger partial charge in [0.15, 0.2) is 0 Å². The zero-order valence-corrected chi connectivity index (χ0v) is 12.6. The minimum atomic E-state index is 0.774. The van der Waals surface area contributed by atoms with Gasteiger partial charge in [-0.1, -0.05) is 12.1 Å². The molecule has 0 aliphatic heterocycles. The summed E-state index contributed by atoms with van der Waals surface area (Å²) in [4.78, 5) is 4.44. The van der Waals surface area contributed by atoms with E-state index >= 15 is 0 Å².